The molecule has 1 aromatic carbocycles. The van der Waals surface area contributed by atoms with E-state index in [0.717, 1.165) is 5.57 Å². The van der Waals surface area contributed by atoms with Gasteiger partial charge in [-0.1, -0.05) is 18.6 Å². The number of phenolic OH excluding ortho intramolecular Hbond substituents is 2. The van der Waals surface area contributed by atoms with Crippen molar-refractivity contribution in [1.82, 2.24) is 0 Å². The number of Topliss-reactive ketones (excluding diaryl/α,β-unsaturated/α-hetero) is 1. The van der Waals surface area contributed by atoms with Crippen LogP contribution in [0.2, 0.25) is 0 Å². The number of carbonyl (C=O) groups excluding carboxylic acids is 1. The highest BCUT2D eigenvalue weighted by atomic mass is 16.5. The number of benzene rings is 1. The minimum atomic E-state index is -0.311. The molecule has 1 aromatic rings. The van der Waals surface area contributed by atoms with Gasteiger partial charge in [-0.2, -0.15) is 0 Å². The lowest BCUT2D eigenvalue weighted by Crippen LogP contribution is -2.33. The summed E-state index contributed by atoms with van der Waals surface area (Å²) in [6.45, 7) is 7.45. The van der Waals surface area contributed by atoms with Gasteiger partial charge >= 0.3 is 0 Å². The first kappa shape index (κ1) is 14.4. The third kappa shape index (κ3) is 2.38. The van der Waals surface area contributed by atoms with Gasteiger partial charge in [0.1, 0.15) is 28.9 Å². The molecule has 0 saturated carbocycles. The van der Waals surface area contributed by atoms with E-state index in [1.165, 1.54) is 6.07 Å². The van der Waals surface area contributed by atoms with Crippen LogP contribution in [-0.2, 0) is 6.42 Å². The van der Waals surface area contributed by atoms with E-state index in [4.69, 9.17) is 4.74 Å². The molecule has 108 valence electrons. The molecule has 0 saturated heterocycles. The largest absolute Gasteiger partial charge is 0.507 e. The molecule has 4 nitrogen and oxygen atoms in total. The van der Waals surface area contributed by atoms with Crippen molar-refractivity contribution in [1.29, 1.82) is 0 Å². The van der Waals surface area contributed by atoms with Crippen LogP contribution in [0.25, 0.3) is 0 Å². The Hall–Kier alpha value is -1.97. The molecule has 0 radical (unpaired) electrons. The van der Waals surface area contributed by atoms with Crippen LogP contribution in [0.5, 0.6) is 17.2 Å². The van der Waals surface area contributed by atoms with E-state index >= 15 is 0 Å². The fourth-order valence-corrected chi connectivity index (χ4v) is 2.25. The summed E-state index contributed by atoms with van der Waals surface area (Å²) in [6.07, 6.45) is 2.00. The number of fused-ring (bicyclic) bond motifs is 1. The molecular formula is C16H20O4. The fraction of sp³-hybridized carbons (Fsp3) is 0.438. The van der Waals surface area contributed by atoms with Gasteiger partial charge in [-0.05, 0) is 27.2 Å². The number of aromatic hydroxyl groups is 2. The summed E-state index contributed by atoms with van der Waals surface area (Å²) in [5.41, 5.74) is 1.63. The number of allylic oxidation sites excluding steroid dienone is 2. The maximum atomic E-state index is 12.3. The topological polar surface area (TPSA) is 66.8 Å². The van der Waals surface area contributed by atoms with Crippen LogP contribution in [0, 0.1) is 5.92 Å². The predicted octanol–water partition coefficient (Wildman–Crippen LogP) is 3.21. The van der Waals surface area contributed by atoms with Crippen molar-refractivity contribution in [3.63, 3.8) is 0 Å². The average molecular weight is 276 g/mol. The van der Waals surface area contributed by atoms with Crippen LogP contribution < -0.4 is 4.74 Å². The van der Waals surface area contributed by atoms with Gasteiger partial charge in [0.25, 0.3) is 0 Å². The Balaban J connectivity index is 2.55. The first-order valence-corrected chi connectivity index (χ1v) is 6.75. The molecule has 0 unspecified atom stereocenters. The second kappa shape index (κ2) is 5.19. The van der Waals surface area contributed by atoms with Gasteiger partial charge in [-0.3, -0.25) is 4.79 Å². The summed E-state index contributed by atoms with van der Waals surface area (Å²) in [7, 11) is 0. The third-order valence-electron chi connectivity index (χ3n) is 3.74. The molecule has 1 aliphatic heterocycles. The van der Waals surface area contributed by atoms with E-state index in [-0.39, 0.29) is 40.6 Å². The maximum absolute atomic E-state index is 12.3. The molecular weight excluding hydrogens is 256 g/mol. The van der Waals surface area contributed by atoms with Crippen LogP contribution in [0.4, 0.5) is 0 Å². The maximum Gasteiger partial charge on any atom is 0.176 e. The Morgan fingerprint density at radius 3 is 2.60 bits per heavy atom. The van der Waals surface area contributed by atoms with Crippen LogP contribution in [0.1, 0.15) is 43.6 Å². The summed E-state index contributed by atoms with van der Waals surface area (Å²) in [6, 6.07) is 1.42. The highest BCUT2D eigenvalue weighted by molar-refractivity contribution is 6.04. The van der Waals surface area contributed by atoms with E-state index in [9.17, 15) is 15.0 Å². The Morgan fingerprint density at radius 2 is 2.00 bits per heavy atom. The minimum Gasteiger partial charge on any atom is -0.507 e. The van der Waals surface area contributed by atoms with Gasteiger partial charge in [0, 0.05) is 11.6 Å². The van der Waals surface area contributed by atoms with Crippen molar-refractivity contribution >= 4 is 5.78 Å². The van der Waals surface area contributed by atoms with Crippen LogP contribution in [0.15, 0.2) is 17.7 Å². The molecule has 0 bridgehead atoms. The van der Waals surface area contributed by atoms with Crippen LogP contribution in [0.3, 0.4) is 0 Å². The van der Waals surface area contributed by atoms with E-state index in [1.807, 2.05) is 19.9 Å². The Kier molecular flexibility index (Phi) is 3.75. The van der Waals surface area contributed by atoms with Crippen molar-refractivity contribution in [3.05, 3.63) is 28.8 Å². The zero-order valence-electron chi connectivity index (χ0n) is 12.2. The second-order valence-electron chi connectivity index (χ2n) is 5.56. The van der Waals surface area contributed by atoms with Gasteiger partial charge in [0.2, 0.25) is 0 Å². The van der Waals surface area contributed by atoms with Crippen molar-refractivity contribution < 1.29 is 19.7 Å². The molecule has 0 amide bonds. The molecule has 2 atom stereocenters. The summed E-state index contributed by atoms with van der Waals surface area (Å²) < 4.78 is 5.60. The number of ketones is 1. The number of hydrogen-bond donors (Lipinski definition) is 2. The first-order chi connectivity index (χ1) is 9.32. The lowest BCUT2D eigenvalue weighted by atomic mass is 9.89. The van der Waals surface area contributed by atoms with Gasteiger partial charge < -0.3 is 14.9 Å². The molecule has 1 heterocycles. The zero-order chi connectivity index (χ0) is 15.0. The number of carbonyl (C=O) groups is 1. The van der Waals surface area contributed by atoms with Crippen LogP contribution >= 0.6 is 0 Å². The minimum absolute atomic E-state index is 0.0479. The lowest BCUT2D eigenvalue weighted by Gasteiger charge is -2.29. The summed E-state index contributed by atoms with van der Waals surface area (Å²) in [4.78, 5) is 12.3. The zero-order valence-corrected chi connectivity index (χ0v) is 12.2. The van der Waals surface area contributed by atoms with Crippen LogP contribution in [-0.4, -0.2) is 22.1 Å². The molecule has 2 rings (SSSR count). The fourth-order valence-electron chi connectivity index (χ4n) is 2.25. The molecule has 0 aromatic heterocycles. The monoisotopic (exact) mass is 276 g/mol. The number of ether oxygens (including phenoxy) is 1. The quantitative estimate of drug-likeness (QED) is 0.814. The normalized spacial score (nSPS) is 21.1. The molecule has 2 N–H and O–H groups in total. The third-order valence-corrected chi connectivity index (χ3v) is 3.74. The molecule has 0 spiro atoms. The molecule has 4 heteroatoms. The van der Waals surface area contributed by atoms with Crippen molar-refractivity contribution in [2.24, 2.45) is 5.92 Å². The summed E-state index contributed by atoms with van der Waals surface area (Å²) in [5, 5.41) is 20.3. The molecule has 20 heavy (non-hydrogen) atoms. The van der Waals surface area contributed by atoms with Crippen molar-refractivity contribution in [2.75, 3.05) is 0 Å². The number of hydrogen-bond acceptors (Lipinski definition) is 4. The van der Waals surface area contributed by atoms with Gasteiger partial charge in [0.15, 0.2) is 5.78 Å². The molecule has 0 aliphatic carbocycles. The van der Waals surface area contributed by atoms with E-state index in [2.05, 4.69) is 0 Å². The predicted molar refractivity (Wildman–Crippen MR) is 76.5 cm³/mol. The number of rotatable bonds is 2. The highest BCUT2D eigenvalue weighted by Gasteiger charge is 2.35. The lowest BCUT2D eigenvalue weighted by molar-refractivity contribution is 0.0724. The van der Waals surface area contributed by atoms with Gasteiger partial charge in [-0.15, -0.1) is 0 Å². The highest BCUT2D eigenvalue weighted by Crippen LogP contribution is 2.43. The molecule has 0 fully saturated rings. The Bertz CT molecular complexity index is 583. The average Bonchev–Trinajstić information content (AvgIpc) is 2.35. The van der Waals surface area contributed by atoms with Crippen molar-refractivity contribution in [2.45, 2.75) is 40.2 Å². The SMILES string of the molecule is CC(C)=CCc1c(O)cc2c(c1O)C(=O)[C@H](C)[C@@H](C)O2. The summed E-state index contributed by atoms with van der Waals surface area (Å²) in [5.74, 6) is -0.407. The van der Waals surface area contributed by atoms with E-state index in [1.54, 1.807) is 13.8 Å². The van der Waals surface area contributed by atoms with Crippen molar-refractivity contribution in [3.8, 4) is 17.2 Å². The Morgan fingerprint density at radius 1 is 1.35 bits per heavy atom. The second-order valence-corrected chi connectivity index (χ2v) is 5.56. The standard InChI is InChI=1S/C16H20O4/c1-8(2)5-6-11-12(17)7-13-14(16(11)19)15(18)9(3)10(4)20-13/h5,7,9-10,17,19H,6H2,1-4H3/t9-,10-/m1/s1. The molecule has 1 aliphatic rings. The van der Waals surface area contributed by atoms with E-state index < -0.39 is 0 Å². The summed E-state index contributed by atoms with van der Waals surface area (Å²) >= 11 is 0. The van der Waals surface area contributed by atoms with E-state index in [0.29, 0.717) is 12.0 Å². The smallest absolute Gasteiger partial charge is 0.176 e. The first-order valence-electron chi connectivity index (χ1n) is 6.75. The Labute approximate surface area is 118 Å². The number of phenols is 2. The van der Waals surface area contributed by atoms with Gasteiger partial charge in [0.05, 0.1) is 5.92 Å². The van der Waals surface area contributed by atoms with Gasteiger partial charge in [-0.25, -0.2) is 0 Å².